The van der Waals surface area contributed by atoms with Crippen molar-refractivity contribution in [3.05, 3.63) is 17.9 Å². The normalized spacial score (nSPS) is 12.6. The summed E-state index contributed by atoms with van der Waals surface area (Å²) in [6, 6.07) is 2.01. The third-order valence-corrected chi connectivity index (χ3v) is 5.40. The highest BCUT2D eigenvalue weighted by atomic mass is 32.2. The van der Waals surface area contributed by atoms with Gasteiger partial charge < -0.3 is 14.6 Å². The Morgan fingerprint density at radius 3 is 2.14 bits per heavy atom. The van der Waals surface area contributed by atoms with Gasteiger partial charge in [0.1, 0.15) is 10.7 Å². The summed E-state index contributed by atoms with van der Waals surface area (Å²) in [7, 11) is -0.202. The second-order valence-corrected chi connectivity index (χ2v) is 7.02. The van der Waals surface area contributed by atoms with Gasteiger partial charge in [-0.2, -0.15) is 4.31 Å². The number of ether oxygens (including phenoxy) is 2. The molecule has 0 aliphatic rings. The molecule has 120 valence electrons. The summed E-state index contributed by atoms with van der Waals surface area (Å²) in [4.78, 5) is -0.538. The summed E-state index contributed by atoms with van der Waals surface area (Å²) in [5, 5.41) is 9.28. The van der Waals surface area contributed by atoms with Crippen LogP contribution in [0.3, 0.4) is 0 Å². The molecule has 1 aromatic carbocycles. The molecular weight excluding hydrogens is 301 g/mol. The van der Waals surface area contributed by atoms with Crippen LogP contribution in [0.1, 0.15) is 13.8 Å². The predicted octanol–water partition coefficient (Wildman–Crippen LogP) is 1.23. The molecule has 1 aromatic rings. The first-order chi connectivity index (χ1) is 9.61. The first kappa shape index (κ1) is 17.7. The van der Waals surface area contributed by atoms with E-state index in [1.807, 2.05) is 0 Å². The van der Waals surface area contributed by atoms with Crippen molar-refractivity contribution < 1.29 is 27.4 Å². The minimum Gasteiger partial charge on any atom is -0.493 e. The van der Waals surface area contributed by atoms with Crippen LogP contribution in [0.2, 0.25) is 0 Å². The van der Waals surface area contributed by atoms with Crippen LogP contribution in [0.5, 0.6) is 11.5 Å². The van der Waals surface area contributed by atoms with E-state index < -0.39 is 32.9 Å². The van der Waals surface area contributed by atoms with Gasteiger partial charge in [-0.1, -0.05) is 0 Å². The lowest BCUT2D eigenvalue weighted by Gasteiger charge is -2.32. The standard InChI is InChI=1S/C13H20FNO5S/c1-13(2,8-16)15(3)21(17,18)12-7-11(20-5)10(19-4)6-9(12)14/h6-7,16H,8H2,1-5H3. The molecule has 0 aromatic heterocycles. The number of benzene rings is 1. The summed E-state index contributed by atoms with van der Waals surface area (Å²) in [6.07, 6.45) is 0. The Hall–Kier alpha value is -1.38. The van der Waals surface area contributed by atoms with E-state index in [2.05, 4.69) is 0 Å². The smallest absolute Gasteiger partial charge is 0.246 e. The van der Waals surface area contributed by atoms with Gasteiger partial charge in [0.25, 0.3) is 0 Å². The van der Waals surface area contributed by atoms with Gasteiger partial charge in [0.05, 0.1) is 26.4 Å². The van der Waals surface area contributed by atoms with Crippen molar-refractivity contribution in [2.24, 2.45) is 0 Å². The Morgan fingerprint density at radius 1 is 1.24 bits per heavy atom. The van der Waals surface area contributed by atoms with E-state index in [0.717, 1.165) is 16.4 Å². The molecule has 8 heteroatoms. The van der Waals surface area contributed by atoms with Crippen LogP contribution in [0.15, 0.2) is 17.0 Å². The molecule has 0 unspecified atom stereocenters. The Morgan fingerprint density at radius 2 is 1.71 bits per heavy atom. The number of halogens is 1. The molecule has 0 aliphatic heterocycles. The fourth-order valence-electron chi connectivity index (χ4n) is 1.61. The van der Waals surface area contributed by atoms with Crippen LogP contribution < -0.4 is 9.47 Å². The highest BCUT2D eigenvalue weighted by molar-refractivity contribution is 7.89. The quantitative estimate of drug-likeness (QED) is 0.853. The Bertz CT molecular complexity index is 615. The van der Waals surface area contributed by atoms with Crippen molar-refractivity contribution in [3.63, 3.8) is 0 Å². The molecular formula is C13H20FNO5S. The minimum atomic E-state index is -4.13. The van der Waals surface area contributed by atoms with Gasteiger partial charge in [-0.3, -0.25) is 0 Å². The molecule has 0 aliphatic carbocycles. The van der Waals surface area contributed by atoms with Crippen LogP contribution in [0, 0.1) is 5.82 Å². The molecule has 6 nitrogen and oxygen atoms in total. The van der Waals surface area contributed by atoms with E-state index >= 15 is 0 Å². The molecule has 0 spiro atoms. The summed E-state index contributed by atoms with van der Waals surface area (Å²) >= 11 is 0. The highest BCUT2D eigenvalue weighted by Crippen LogP contribution is 2.34. The third kappa shape index (κ3) is 3.28. The van der Waals surface area contributed by atoms with E-state index in [1.54, 1.807) is 0 Å². The number of sulfonamides is 1. The Kier molecular flexibility index (Phi) is 5.19. The van der Waals surface area contributed by atoms with E-state index in [0.29, 0.717) is 0 Å². The molecule has 1 N–H and O–H groups in total. The number of rotatable bonds is 6. The molecule has 21 heavy (non-hydrogen) atoms. The lowest BCUT2D eigenvalue weighted by molar-refractivity contribution is 0.137. The summed E-state index contributed by atoms with van der Waals surface area (Å²) in [6.45, 7) is 2.66. The van der Waals surface area contributed by atoms with Crippen molar-refractivity contribution in [1.82, 2.24) is 4.31 Å². The van der Waals surface area contributed by atoms with Crippen molar-refractivity contribution in [1.29, 1.82) is 0 Å². The zero-order valence-electron chi connectivity index (χ0n) is 12.7. The number of aliphatic hydroxyl groups excluding tert-OH is 1. The topological polar surface area (TPSA) is 76.1 Å². The molecule has 0 heterocycles. The van der Waals surface area contributed by atoms with Crippen LogP contribution in [0.4, 0.5) is 4.39 Å². The highest BCUT2D eigenvalue weighted by Gasteiger charge is 2.35. The second-order valence-electron chi connectivity index (χ2n) is 5.08. The lowest BCUT2D eigenvalue weighted by Crippen LogP contribution is -2.47. The Balaban J connectivity index is 3.45. The van der Waals surface area contributed by atoms with Crippen molar-refractivity contribution >= 4 is 10.0 Å². The van der Waals surface area contributed by atoms with E-state index in [9.17, 15) is 17.9 Å². The summed E-state index contributed by atoms with van der Waals surface area (Å²) < 4.78 is 49.9. The van der Waals surface area contributed by atoms with Gasteiger partial charge >= 0.3 is 0 Å². The van der Waals surface area contributed by atoms with Crippen molar-refractivity contribution in [2.45, 2.75) is 24.3 Å². The maximum Gasteiger partial charge on any atom is 0.246 e. The van der Waals surface area contributed by atoms with Gasteiger partial charge in [0.15, 0.2) is 11.5 Å². The molecule has 0 saturated heterocycles. The molecule has 0 bridgehead atoms. The van der Waals surface area contributed by atoms with Gasteiger partial charge in [0, 0.05) is 19.2 Å². The third-order valence-electron chi connectivity index (χ3n) is 3.32. The van der Waals surface area contributed by atoms with Crippen molar-refractivity contribution in [2.75, 3.05) is 27.9 Å². The summed E-state index contributed by atoms with van der Waals surface area (Å²) in [5.41, 5.74) is -1.07. The zero-order chi connectivity index (χ0) is 16.4. The van der Waals surface area contributed by atoms with E-state index in [1.165, 1.54) is 35.1 Å². The average Bonchev–Trinajstić information content (AvgIpc) is 2.45. The molecule has 0 atom stereocenters. The number of aliphatic hydroxyl groups is 1. The minimum absolute atomic E-state index is 0.0954. The maximum absolute atomic E-state index is 14.1. The zero-order valence-corrected chi connectivity index (χ0v) is 13.5. The van der Waals surface area contributed by atoms with E-state index in [4.69, 9.17) is 9.47 Å². The van der Waals surface area contributed by atoms with Crippen LogP contribution >= 0.6 is 0 Å². The van der Waals surface area contributed by atoms with E-state index in [-0.39, 0.29) is 11.5 Å². The fourth-order valence-corrected chi connectivity index (χ4v) is 3.17. The largest absolute Gasteiger partial charge is 0.493 e. The number of methoxy groups -OCH3 is 2. The number of nitrogens with zero attached hydrogens (tertiary/aromatic N) is 1. The molecule has 0 fully saturated rings. The van der Waals surface area contributed by atoms with Crippen LogP contribution in [-0.4, -0.2) is 51.2 Å². The SMILES string of the molecule is COc1cc(F)c(S(=O)(=O)N(C)C(C)(C)CO)cc1OC. The first-order valence-corrected chi connectivity index (χ1v) is 7.57. The number of likely N-dealkylation sites (N-methyl/N-ethyl adjacent to an activating group) is 1. The van der Waals surface area contributed by atoms with Crippen molar-refractivity contribution in [3.8, 4) is 11.5 Å². The number of hydrogen-bond acceptors (Lipinski definition) is 5. The molecule has 0 radical (unpaired) electrons. The van der Waals surface area contributed by atoms with Crippen LogP contribution in [0.25, 0.3) is 0 Å². The Labute approximate surface area is 124 Å². The maximum atomic E-state index is 14.1. The van der Waals surface area contributed by atoms with Gasteiger partial charge in [-0.25, -0.2) is 12.8 Å². The van der Waals surface area contributed by atoms with Gasteiger partial charge in [0.2, 0.25) is 10.0 Å². The first-order valence-electron chi connectivity index (χ1n) is 6.13. The van der Waals surface area contributed by atoms with Gasteiger partial charge in [-0.15, -0.1) is 0 Å². The average molecular weight is 321 g/mol. The fraction of sp³-hybridized carbons (Fsp3) is 0.538. The van der Waals surface area contributed by atoms with Gasteiger partial charge in [-0.05, 0) is 13.8 Å². The van der Waals surface area contributed by atoms with Crippen LogP contribution in [-0.2, 0) is 10.0 Å². The summed E-state index contributed by atoms with van der Waals surface area (Å²) in [5.74, 6) is -0.751. The predicted molar refractivity (Wildman–Crippen MR) is 75.6 cm³/mol. The molecule has 0 saturated carbocycles. The monoisotopic (exact) mass is 321 g/mol. The molecule has 1 rings (SSSR count). The second kappa shape index (κ2) is 6.17. The number of hydrogen-bond donors (Lipinski definition) is 1. The molecule has 0 amide bonds. The lowest BCUT2D eigenvalue weighted by atomic mass is 10.1.